The van der Waals surface area contributed by atoms with Crippen LogP contribution in [0.2, 0.25) is 5.02 Å². The molecule has 2 aromatic carbocycles. The molecule has 0 radical (unpaired) electrons. The van der Waals surface area contributed by atoms with Crippen LogP contribution < -0.4 is 10.6 Å². The first-order valence-electron chi connectivity index (χ1n) is 11.0. The Balaban J connectivity index is 1.67. The van der Waals surface area contributed by atoms with Gasteiger partial charge in [0.25, 0.3) is 0 Å². The zero-order valence-corrected chi connectivity index (χ0v) is 19.4. The van der Waals surface area contributed by atoms with Gasteiger partial charge in [0, 0.05) is 29.8 Å². The Morgan fingerprint density at radius 2 is 1.69 bits per heavy atom. The van der Waals surface area contributed by atoms with Gasteiger partial charge in [-0.15, -0.1) is 0 Å². The molecule has 0 amide bonds. The van der Waals surface area contributed by atoms with Crippen molar-refractivity contribution in [1.82, 2.24) is 9.97 Å². The molecule has 1 aliphatic rings. The van der Waals surface area contributed by atoms with Gasteiger partial charge in [0.1, 0.15) is 17.5 Å². The molecule has 0 aliphatic carbocycles. The van der Waals surface area contributed by atoms with Crippen molar-refractivity contribution in [3.63, 3.8) is 0 Å². The zero-order valence-electron chi connectivity index (χ0n) is 18.7. The van der Waals surface area contributed by atoms with E-state index in [9.17, 15) is 0 Å². The van der Waals surface area contributed by atoms with Crippen molar-refractivity contribution >= 4 is 28.9 Å². The number of rotatable bonds is 7. The molecule has 5 nitrogen and oxygen atoms in total. The van der Waals surface area contributed by atoms with Crippen LogP contribution in [0.15, 0.2) is 77.1 Å². The van der Waals surface area contributed by atoms with Crippen LogP contribution >= 0.6 is 11.6 Å². The third-order valence-electron chi connectivity index (χ3n) is 5.73. The van der Waals surface area contributed by atoms with Gasteiger partial charge < -0.3 is 10.6 Å². The van der Waals surface area contributed by atoms with Gasteiger partial charge in [0.05, 0.1) is 5.02 Å². The fraction of sp³-hybridized carbons (Fsp3) is 0.269. The first-order chi connectivity index (χ1) is 15.5. The number of aromatic nitrogens is 2. The molecule has 2 heterocycles. The van der Waals surface area contributed by atoms with E-state index in [2.05, 4.69) is 43.5 Å². The van der Waals surface area contributed by atoms with Crippen molar-refractivity contribution < 1.29 is 0 Å². The van der Waals surface area contributed by atoms with Gasteiger partial charge in [-0.3, -0.25) is 0 Å². The molecule has 4 rings (SSSR count). The first kappa shape index (κ1) is 22.0. The average Bonchev–Trinajstić information content (AvgIpc) is 2.81. The monoisotopic (exact) mass is 445 g/mol. The summed E-state index contributed by atoms with van der Waals surface area (Å²) >= 11 is 6.45. The molecule has 6 heteroatoms. The van der Waals surface area contributed by atoms with Crippen LogP contribution in [0.25, 0.3) is 11.4 Å². The Morgan fingerprint density at radius 1 is 0.969 bits per heavy atom. The van der Waals surface area contributed by atoms with Crippen LogP contribution in [0.4, 0.5) is 11.6 Å². The summed E-state index contributed by atoms with van der Waals surface area (Å²) < 4.78 is 0. The van der Waals surface area contributed by atoms with E-state index in [1.165, 1.54) is 11.1 Å². The van der Waals surface area contributed by atoms with Gasteiger partial charge in [-0.25, -0.2) is 15.0 Å². The highest BCUT2D eigenvalue weighted by Gasteiger charge is 2.19. The third-order valence-corrected chi connectivity index (χ3v) is 6.06. The summed E-state index contributed by atoms with van der Waals surface area (Å²) in [6, 6.07) is 19.8. The van der Waals surface area contributed by atoms with Crippen LogP contribution in [-0.2, 0) is 6.54 Å². The maximum Gasteiger partial charge on any atom is 0.165 e. The molecule has 1 aromatic heterocycles. The van der Waals surface area contributed by atoms with E-state index >= 15 is 0 Å². The molecule has 164 valence electrons. The summed E-state index contributed by atoms with van der Waals surface area (Å²) in [6.45, 7) is 7.10. The number of nitrogens with zero attached hydrogens (tertiary/aromatic N) is 3. The molecule has 2 N–H and O–H groups in total. The van der Waals surface area contributed by atoms with Crippen molar-refractivity contribution in [2.45, 2.75) is 40.2 Å². The number of nitrogens with one attached hydrogen (secondary N) is 2. The van der Waals surface area contributed by atoms with Crippen LogP contribution in [-0.4, -0.2) is 15.7 Å². The maximum atomic E-state index is 6.45. The molecule has 3 aromatic rings. The quantitative estimate of drug-likeness (QED) is 0.413. The van der Waals surface area contributed by atoms with Crippen LogP contribution in [0.5, 0.6) is 0 Å². The topological polar surface area (TPSA) is 62.2 Å². The fourth-order valence-corrected chi connectivity index (χ4v) is 4.05. The Morgan fingerprint density at radius 3 is 2.44 bits per heavy atom. The van der Waals surface area contributed by atoms with E-state index in [1.807, 2.05) is 48.5 Å². The molecule has 0 saturated carbocycles. The van der Waals surface area contributed by atoms with Crippen molar-refractivity contribution in [3.05, 3.63) is 82.6 Å². The molecule has 0 saturated heterocycles. The summed E-state index contributed by atoms with van der Waals surface area (Å²) in [5, 5.41) is 7.47. The van der Waals surface area contributed by atoms with Gasteiger partial charge in [0.15, 0.2) is 5.82 Å². The number of benzene rings is 2. The SMILES string of the molecule is CC[C@H]1CC(C)=C(Nc2cc(NCc3ccccc3)nc(-c3ccccc3Cl)n2)N=C1C. The van der Waals surface area contributed by atoms with Crippen LogP contribution in [0.3, 0.4) is 0 Å². The Hall–Kier alpha value is -3.18. The molecule has 0 spiro atoms. The van der Waals surface area contributed by atoms with E-state index in [-0.39, 0.29) is 0 Å². The molecule has 1 atom stereocenters. The van der Waals surface area contributed by atoms with Crippen molar-refractivity contribution in [3.8, 4) is 11.4 Å². The van der Waals surface area contributed by atoms with E-state index in [1.54, 1.807) is 0 Å². The lowest BCUT2D eigenvalue weighted by molar-refractivity contribution is 0.638. The van der Waals surface area contributed by atoms with E-state index in [0.717, 1.165) is 35.8 Å². The lowest BCUT2D eigenvalue weighted by atomic mass is 9.91. The minimum atomic E-state index is 0.507. The summed E-state index contributed by atoms with van der Waals surface area (Å²) in [5.74, 6) is 3.35. The maximum absolute atomic E-state index is 6.45. The molecule has 1 aliphatic heterocycles. The predicted octanol–water partition coefficient (Wildman–Crippen LogP) is 6.94. The molecular formula is C26H28ClN5. The number of aliphatic imine (C=N–C) groups is 1. The molecule has 32 heavy (non-hydrogen) atoms. The Labute approximate surface area is 194 Å². The van der Waals surface area contributed by atoms with E-state index in [0.29, 0.717) is 29.1 Å². The molecule has 0 bridgehead atoms. The Kier molecular flexibility index (Phi) is 6.86. The molecular weight excluding hydrogens is 418 g/mol. The minimum Gasteiger partial charge on any atom is -0.366 e. The zero-order chi connectivity index (χ0) is 22.5. The number of hydrogen-bond donors (Lipinski definition) is 2. The highest BCUT2D eigenvalue weighted by molar-refractivity contribution is 6.33. The van der Waals surface area contributed by atoms with Crippen molar-refractivity contribution in [1.29, 1.82) is 0 Å². The molecule has 0 fully saturated rings. The number of anilines is 2. The number of allylic oxidation sites excluding steroid dienone is 1. The minimum absolute atomic E-state index is 0.507. The van der Waals surface area contributed by atoms with Gasteiger partial charge in [-0.05, 0) is 50.0 Å². The standard InChI is InChI=1S/C26H28ClN5/c1-4-20-14-17(2)25(29-18(20)3)31-24-15-23(28-16-19-10-6-5-7-11-19)30-26(32-24)21-12-8-9-13-22(21)27/h5-13,15,20H,4,14,16H2,1-3H3,(H2,28,30,31,32)/t20-/m0/s1. The van der Waals surface area contributed by atoms with Gasteiger partial charge in [0.2, 0.25) is 0 Å². The van der Waals surface area contributed by atoms with Gasteiger partial charge >= 0.3 is 0 Å². The summed E-state index contributed by atoms with van der Waals surface area (Å²) in [4.78, 5) is 14.3. The fourth-order valence-electron chi connectivity index (χ4n) is 3.83. The second-order valence-electron chi connectivity index (χ2n) is 8.10. The highest BCUT2D eigenvalue weighted by Crippen LogP contribution is 2.30. The van der Waals surface area contributed by atoms with Crippen LogP contribution in [0.1, 0.15) is 39.2 Å². The predicted molar refractivity (Wildman–Crippen MR) is 134 cm³/mol. The largest absolute Gasteiger partial charge is 0.366 e. The number of hydrogen-bond acceptors (Lipinski definition) is 5. The second kappa shape index (κ2) is 9.96. The highest BCUT2D eigenvalue weighted by atomic mass is 35.5. The third kappa shape index (κ3) is 5.17. The normalized spacial score (nSPS) is 16.0. The van der Waals surface area contributed by atoms with Crippen molar-refractivity contribution in [2.24, 2.45) is 10.9 Å². The van der Waals surface area contributed by atoms with Crippen LogP contribution in [0, 0.1) is 5.92 Å². The Bertz CT molecular complexity index is 1150. The first-order valence-corrected chi connectivity index (χ1v) is 11.3. The number of halogens is 1. The van der Waals surface area contributed by atoms with E-state index in [4.69, 9.17) is 26.6 Å². The van der Waals surface area contributed by atoms with E-state index < -0.39 is 0 Å². The van der Waals surface area contributed by atoms with Crippen molar-refractivity contribution in [2.75, 3.05) is 10.6 Å². The van der Waals surface area contributed by atoms with Gasteiger partial charge in [-0.1, -0.05) is 61.0 Å². The summed E-state index contributed by atoms with van der Waals surface area (Å²) in [6.07, 6.45) is 2.10. The average molecular weight is 446 g/mol. The summed E-state index contributed by atoms with van der Waals surface area (Å²) in [7, 11) is 0. The second-order valence-corrected chi connectivity index (χ2v) is 8.50. The molecule has 0 unspecified atom stereocenters. The lowest BCUT2D eigenvalue weighted by Crippen LogP contribution is -2.19. The summed E-state index contributed by atoms with van der Waals surface area (Å²) in [5.41, 5.74) is 4.36. The lowest BCUT2D eigenvalue weighted by Gasteiger charge is -2.23. The van der Waals surface area contributed by atoms with Gasteiger partial charge in [-0.2, -0.15) is 0 Å². The smallest absolute Gasteiger partial charge is 0.165 e.